The van der Waals surface area contributed by atoms with Gasteiger partial charge in [0.05, 0.1) is 17.1 Å². The van der Waals surface area contributed by atoms with E-state index < -0.39 is 0 Å². The second-order valence-corrected chi connectivity index (χ2v) is 7.04. The van der Waals surface area contributed by atoms with Crippen molar-refractivity contribution >= 4 is 44.8 Å². The number of rotatable bonds is 4. The SMILES string of the molecule is C(=Nc1ccc(N=Nc2ccccc2)cc1)c1c2ccccc2cc2ccccc12. The van der Waals surface area contributed by atoms with Gasteiger partial charge in [-0.3, -0.25) is 4.99 Å². The van der Waals surface area contributed by atoms with Crippen LogP contribution in [0.15, 0.2) is 124 Å². The van der Waals surface area contributed by atoms with Crippen LogP contribution in [0.1, 0.15) is 5.56 Å². The molecule has 0 bridgehead atoms. The highest BCUT2D eigenvalue weighted by Crippen LogP contribution is 2.28. The molecule has 3 nitrogen and oxygen atoms in total. The van der Waals surface area contributed by atoms with Gasteiger partial charge in [-0.25, -0.2) is 0 Å². The van der Waals surface area contributed by atoms with Gasteiger partial charge in [0.2, 0.25) is 0 Å². The van der Waals surface area contributed by atoms with Crippen LogP contribution in [-0.2, 0) is 0 Å². The summed E-state index contributed by atoms with van der Waals surface area (Å²) in [5.41, 5.74) is 3.65. The molecule has 0 aliphatic rings. The normalized spacial score (nSPS) is 11.7. The molecule has 0 amide bonds. The van der Waals surface area contributed by atoms with E-state index in [1.54, 1.807) is 0 Å². The summed E-state index contributed by atoms with van der Waals surface area (Å²) in [7, 11) is 0. The summed E-state index contributed by atoms with van der Waals surface area (Å²) in [6, 6.07) is 36.6. The van der Waals surface area contributed by atoms with E-state index in [1.807, 2.05) is 60.8 Å². The summed E-state index contributed by atoms with van der Waals surface area (Å²) in [6.07, 6.45) is 1.96. The van der Waals surface area contributed by atoms with Crippen LogP contribution in [0.5, 0.6) is 0 Å². The molecule has 0 unspecified atom stereocenters. The monoisotopic (exact) mass is 385 g/mol. The van der Waals surface area contributed by atoms with Crippen molar-refractivity contribution in [1.82, 2.24) is 0 Å². The molecule has 0 radical (unpaired) electrons. The summed E-state index contributed by atoms with van der Waals surface area (Å²) in [5, 5.41) is 13.4. The molecular formula is C27H19N3. The van der Waals surface area contributed by atoms with Gasteiger partial charge in [-0.1, -0.05) is 66.7 Å². The number of hydrogen-bond donors (Lipinski definition) is 0. The summed E-state index contributed by atoms with van der Waals surface area (Å²) >= 11 is 0. The van der Waals surface area contributed by atoms with Gasteiger partial charge in [-0.2, -0.15) is 10.2 Å². The third-order valence-corrected chi connectivity index (χ3v) is 5.04. The van der Waals surface area contributed by atoms with Gasteiger partial charge in [-0.05, 0) is 64.0 Å². The second-order valence-electron chi connectivity index (χ2n) is 7.04. The maximum absolute atomic E-state index is 4.74. The fourth-order valence-electron chi connectivity index (χ4n) is 3.54. The topological polar surface area (TPSA) is 37.1 Å². The third kappa shape index (κ3) is 3.74. The first-order chi connectivity index (χ1) is 14.9. The number of benzene rings is 5. The van der Waals surface area contributed by atoms with E-state index in [2.05, 4.69) is 64.8 Å². The Kier molecular flexibility index (Phi) is 4.84. The van der Waals surface area contributed by atoms with E-state index in [-0.39, 0.29) is 0 Å². The number of aliphatic imine (C=N–C) groups is 1. The lowest BCUT2D eigenvalue weighted by Crippen LogP contribution is -1.88. The maximum Gasteiger partial charge on any atom is 0.0858 e. The molecule has 5 aromatic carbocycles. The van der Waals surface area contributed by atoms with Crippen molar-refractivity contribution in [2.45, 2.75) is 0 Å². The number of azo groups is 1. The molecule has 30 heavy (non-hydrogen) atoms. The van der Waals surface area contributed by atoms with Crippen LogP contribution in [0.3, 0.4) is 0 Å². The summed E-state index contributed by atoms with van der Waals surface area (Å²) in [5.74, 6) is 0. The van der Waals surface area contributed by atoms with E-state index in [1.165, 1.54) is 21.5 Å². The zero-order chi connectivity index (χ0) is 20.2. The van der Waals surface area contributed by atoms with Gasteiger partial charge in [0.1, 0.15) is 0 Å². The fourth-order valence-corrected chi connectivity index (χ4v) is 3.54. The maximum atomic E-state index is 4.74. The zero-order valence-electron chi connectivity index (χ0n) is 16.3. The first-order valence-corrected chi connectivity index (χ1v) is 9.88. The van der Waals surface area contributed by atoms with E-state index >= 15 is 0 Å². The minimum absolute atomic E-state index is 0.799. The Balaban J connectivity index is 1.46. The molecule has 0 aliphatic heterocycles. The van der Waals surface area contributed by atoms with Crippen molar-refractivity contribution in [2.24, 2.45) is 15.2 Å². The molecule has 0 aromatic heterocycles. The molecule has 0 saturated carbocycles. The average Bonchev–Trinajstić information content (AvgIpc) is 2.82. The Morgan fingerprint density at radius 2 is 0.967 bits per heavy atom. The van der Waals surface area contributed by atoms with E-state index in [0.717, 1.165) is 22.6 Å². The highest BCUT2D eigenvalue weighted by Gasteiger charge is 2.05. The van der Waals surface area contributed by atoms with Gasteiger partial charge < -0.3 is 0 Å². The Morgan fingerprint density at radius 1 is 0.467 bits per heavy atom. The highest BCUT2D eigenvalue weighted by molar-refractivity contribution is 6.13. The van der Waals surface area contributed by atoms with Crippen LogP contribution in [0, 0.1) is 0 Å². The zero-order valence-corrected chi connectivity index (χ0v) is 16.3. The first-order valence-electron chi connectivity index (χ1n) is 9.88. The Bertz CT molecular complexity index is 1310. The average molecular weight is 385 g/mol. The number of nitrogens with zero attached hydrogens (tertiary/aromatic N) is 3. The largest absolute Gasteiger partial charge is 0.256 e. The Labute approximate surface area is 175 Å². The van der Waals surface area contributed by atoms with Crippen LogP contribution >= 0.6 is 0 Å². The van der Waals surface area contributed by atoms with E-state index in [9.17, 15) is 0 Å². The molecule has 0 fully saturated rings. The highest BCUT2D eigenvalue weighted by atomic mass is 15.1. The molecule has 0 saturated heterocycles. The van der Waals surface area contributed by atoms with Crippen molar-refractivity contribution in [1.29, 1.82) is 0 Å². The molecule has 0 N–H and O–H groups in total. The summed E-state index contributed by atoms with van der Waals surface area (Å²) < 4.78 is 0. The van der Waals surface area contributed by atoms with Crippen LogP contribution in [0.25, 0.3) is 21.5 Å². The lowest BCUT2D eigenvalue weighted by Gasteiger charge is -2.07. The molecule has 142 valence electrons. The van der Waals surface area contributed by atoms with Crippen molar-refractivity contribution in [2.75, 3.05) is 0 Å². The van der Waals surface area contributed by atoms with Crippen LogP contribution in [0.4, 0.5) is 17.1 Å². The molecular weight excluding hydrogens is 366 g/mol. The predicted molar refractivity (Wildman–Crippen MR) is 126 cm³/mol. The number of fused-ring (bicyclic) bond motifs is 2. The van der Waals surface area contributed by atoms with Crippen molar-refractivity contribution < 1.29 is 0 Å². The molecule has 0 spiro atoms. The van der Waals surface area contributed by atoms with Crippen LogP contribution in [0.2, 0.25) is 0 Å². The second kappa shape index (κ2) is 8.10. The molecule has 5 aromatic rings. The van der Waals surface area contributed by atoms with Crippen molar-refractivity contribution in [3.05, 3.63) is 115 Å². The molecule has 5 rings (SSSR count). The van der Waals surface area contributed by atoms with Gasteiger partial charge in [0.15, 0.2) is 0 Å². The minimum atomic E-state index is 0.799. The predicted octanol–water partition coefficient (Wildman–Crippen LogP) is 8.16. The van der Waals surface area contributed by atoms with Gasteiger partial charge >= 0.3 is 0 Å². The van der Waals surface area contributed by atoms with E-state index in [4.69, 9.17) is 4.99 Å². The Hall–Kier alpha value is -4.11. The minimum Gasteiger partial charge on any atom is -0.256 e. The third-order valence-electron chi connectivity index (χ3n) is 5.04. The van der Waals surface area contributed by atoms with E-state index in [0.29, 0.717) is 0 Å². The van der Waals surface area contributed by atoms with Gasteiger partial charge in [-0.15, -0.1) is 0 Å². The summed E-state index contributed by atoms with van der Waals surface area (Å²) in [4.78, 5) is 4.74. The fraction of sp³-hybridized carbons (Fsp3) is 0. The van der Waals surface area contributed by atoms with Crippen LogP contribution in [-0.4, -0.2) is 6.21 Å². The Morgan fingerprint density at radius 3 is 1.60 bits per heavy atom. The first kappa shape index (κ1) is 18.0. The lowest BCUT2D eigenvalue weighted by atomic mass is 9.97. The summed E-state index contributed by atoms with van der Waals surface area (Å²) in [6.45, 7) is 0. The lowest BCUT2D eigenvalue weighted by molar-refractivity contribution is 1.23. The quantitative estimate of drug-likeness (QED) is 0.170. The molecule has 0 atom stereocenters. The van der Waals surface area contributed by atoms with Crippen LogP contribution < -0.4 is 0 Å². The molecule has 0 heterocycles. The standard InChI is InChI=1S/C27H19N3/c1-2-10-23(11-3-1)29-30-24-16-14-22(15-17-24)28-19-27-25-12-6-4-8-20(25)18-21-9-5-7-13-26(21)27/h1-19H. The number of hydrogen-bond acceptors (Lipinski definition) is 3. The smallest absolute Gasteiger partial charge is 0.0858 e. The van der Waals surface area contributed by atoms with Crippen molar-refractivity contribution in [3.63, 3.8) is 0 Å². The molecule has 0 aliphatic carbocycles. The van der Waals surface area contributed by atoms with Gasteiger partial charge in [0.25, 0.3) is 0 Å². The van der Waals surface area contributed by atoms with Gasteiger partial charge in [0, 0.05) is 11.8 Å². The molecule has 3 heteroatoms. The van der Waals surface area contributed by atoms with Crippen molar-refractivity contribution in [3.8, 4) is 0 Å².